The lowest BCUT2D eigenvalue weighted by Crippen LogP contribution is -2.07. The number of methoxy groups -OCH3 is 3. The minimum atomic E-state index is -0.205. The summed E-state index contributed by atoms with van der Waals surface area (Å²) in [4.78, 5) is 13.0. The summed E-state index contributed by atoms with van der Waals surface area (Å²) < 4.78 is 21.4. The summed E-state index contributed by atoms with van der Waals surface area (Å²) in [7, 11) is 4.62. The number of thiol groups is 1. The van der Waals surface area contributed by atoms with Crippen LogP contribution in [0, 0.1) is 0 Å². The van der Waals surface area contributed by atoms with Crippen LogP contribution in [0.4, 0.5) is 0 Å². The number of hydrogen-bond acceptors (Lipinski definition) is 6. The first-order valence-electron chi connectivity index (χ1n) is 7.15. The Balaban J connectivity index is 2.31. The zero-order valence-electron chi connectivity index (χ0n) is 13.5. The van der Waals surface area contributed by atoms with Crippen molar-refractivity contribution in [1.29, 1.82) is 0 Å². The lowest BCUT2D eigenvalue weighted by molar-refractivity contribution is 0.387. The van der Waals surface area contributed by atoms with Crippen molar-refractivity contribution in [3.8, 4) is 28.4 Å². The molecule has 0 aliphatic heterocycles. The topological polar surface area (TPSA) is 57.9 Å². The van der Waals surface area contributed by atoms with Crippen molar-refractivity contribution < 1.29 is 18.6 Å². The van der Waals surface area contributed by atoms with Crippen LogP contribution in [0.3, 0.4) is 0 Å². The molecule has 3 rings (SSSR count). The zero-order chi connectivity index (χ0) is 17.3. The Morgan fingerprint density at radius 3 is 2.17 bits per heavy atom. The zero-order valence-corrected chi connectivity index (χ0v) is 14.3. The minimum Gasteiger partial charge on any atom is -0.497 e. The molecule has 0 N–H and O–H groups in total. The van der Waals surface area contributed by atoms with Gasteiger partial charge < -0.3 is 18.6 Å². The Kier molecular flexibility index (Phi) is 4.40. The summed E-state index contributed by atoms with van der Waals surface area (Å²) in [5.41, 5.74) is 1.20. The summed E-state index contributed by atoms with van der Waals surface area (Å²) in [6, 6.07) is 10.4. The monoisotopic (exact) mass is 344 g/mol. The standard InChI is InChI=1S/C18H16O5S/c1-20-11-6-4-10(5-7-11)15-16(19)13-8-12(21-2)9-14(22-3)17(13)23-18(15)24/h4-9,24H,1-3H3. The van der Waals surface area contributed by atoms with Gasteiger partial charge in [-0.1, -0.05) is 12.1 Å². The fourth-order valence-corrected chi connectivity index (χ4v) is 2.83. The minimum absolute atomic E-state index is 0.205. The third-order valence-electron chi connectivity index (χ3n) is 3.75. The third kappa shape index (κ3) is 2.69. The summed E-state index contributed by atoms with van der Waals surface area (Å²) in [6.45, 7) is 0. The maximum atomic E-state index is 13.0. The fraction of sp³-hybridized carbons (Fsp3) is 0.167. The van der Waals surface area contributed by atoms with Gasteiger partial charge in [-0.15, -0.1) is 12.6 Å². The van der Waals surface area contributed by atoms with Crippen LogP contribution in [0.5, 0.6) is 17.2 Å². The van der Waals surface area contributed by atoms with Gasteiger partial charge in [-0.05, 0) is 23.8 Å². The largest absolute Gasteiger partial charge is 0.497 e. The van der Waals surface area contributed by atoms with Gasteiger partial charge in [0.2, 0.25) is 5.43 Å². The van der Waals surface area contributed by atoms with Crippen molar-refractivity contribution in [2.24, 2.45) is 0 Å². The SMILES string of the molecule is COc1ccc(-c2c(S)oc3c(OC)cc(OC)cc3c2=O)cc1. The predicted molar refractivity (Wildman–Crippen MR) is 94.8 cm³/mol. The molecule has 0 aliphatic carbocycles. The van der Waals surface area contributed by atoms with E-state index in [9.17, 15) is 4.79 Å². The van der Waals surface area contributed by atoms with Crippen molar-refractivity contribution in [2.75, 3.05) is 21.3 Å². The van der Waals surface area contributed by atoms with Gasteiger partial charge in [-0.3, -0.25) is 4.79 Å². The highest BCUT2D eigenvalue weighted by Gasteiger charge is 2.18. The van der Waals surface area contributed by atoms with Gasteiger partial charge >= 0.3 is 0 Å². The first-order chi connectivity index (χ1) is 11.6. The van der Waals surface area contributed by atoms with Gasteiger partial charge in [0.25, 0.3) is 0 Å². The molecule has 24 heavy (non-hydrogen) atoms. The molecular formula is C18H16O5S. The first-order valence-corrected chi connectivity index (χ1v) is 7.60. The molecule has 0 radical (unpaired) electrons. The van der Waals surface area contributed by atoms with Crippen molar-refractivity contribution in [3.05, 3.63) is 46.6 Å². The molecule has 0 fully saturated rings. The average molecular weight is 344 g/mol. The van der Waals surface area contributed by atoms with E-state index < -0.39 is 0 Å². The number of hydrogen-bond donors (Lipinski definition) is 1. The molecule has 0 aliphatic rings. The number of ether oxygens (including phenoxy) is 3. The third-order valence-corrected chi connectivity index (χ3v) is 4.06. The quantitative estimate of drug-likeness (QED) is 0.730. The van der Waals surface area contributed by atoms with E-state index in [4.69, 9.17) is 18.6 Å². The second-order valence-electron chi connectivity index (χ2n) is 5.05. The number of rotatable bonds is 4. The van der Waals surface area contributed by atoms with Crippen LogP contribution in [-0.4, -0.2) is 21.3 Å². The smallest absolute Gasteiger partial charge is 0.201 e. The highest BCUT2D eigenvalue weighted by molar-refractivity contribution is 7.80. The molecule has 0 saturated carbocycles. The average Bonchev–Trinajstić information content (AvgIpc) is 2.61. The highest BCUT2D eigenvalue weighted by Crippen LogP contribution is 2.34. The molecule has 0 unspecified atom stereocenters. The van der Waals surface area contributed by atoms with Gasteiger partial charge in [0, 0.05) is 6.07 Å². The van der Waals surface area contributed by atoms with Crippen molar-refractivity contribution >= 4 is 23.6 Å². The van der Waals surface area contributed by atoms with E-state index in [1.807, 2.05) is 0 Å². The normalized spacial score (nSPS) is 10.7. The van der Waals surface area contributed by atoms with E-state index in [2.05, 4.69) is 12.6 Å². The highest BCUT2D eigenvalue weighted by atomic mass is 32.1. The van der Waals surface area contributed by atoms with E-state index >= 15 is 0 Å². The molecule has 6 heteroatoms. The lowest BCUT2D eigenvalue weighted by Gasteiger charge is -2.11. The Labute approximate surface area is 144 Å². The summed E-state index contributed by atoms with van der Waals surface area (Å²) in [5.74, 6) is 1.63. The van der Waals surface area contributed by atoms with Gasteiger partial charge in [0.05, 0.1) is 32.3 Å². The molecule has 1 aromatic heterocycles. The van der Waals surface area contributed by atoms with E-state index in [0.717, 1.165) is 0 Å². The van der Waals surface area contributed by atoms with Gasteiger partial charge in [0.15, 0.2) is 16.4 Å². The fourth-order valence-electron chi connectivity index (χ4n) is 2.51. The molecule has 3 aromatic rings. The Morgan fingerprint density at radius 2 is 1.58 bits per heavy atom. The van der Waals surface area contributed by atoms with Crippen molar-refractivity contribution in [2.45, 2.75) is 5.09 Å². The molecule has 0 spiro atoms. The lowest BCUT2D eigenvalue weighted by atomic mass is 10.0. The van der Waals surface area contributed by atoms with Crippen molar-refractivity contribution in [3.63, 3.8) is 0 Å². The summed E-state index contributed by atoms with van der Waals surface area (Å²) in [6.07, 6.45) is 0. The maximum Gasteiger partial charge on any atom is 0.201 e. The van der Waals surface area contributed by atoms with Gasteiger partial charge in [0.1, 0.15) is 11.5 Å². The molecule has 0 amide bonds. The number of benzene rings is 2. The van der Waals surface area contributed by atoms with E-state index in [1.54, 1.807) is 43.5 Å². The Morgan fingerprint density at radius 1 is 0.917 bits per heavy atom. The van der Waals surface area contributed by atoms with E-state index in [-0.39, 0.29) is 10.5 Å². The molecule has 0 atom stereocenters. The van der Waals surface area contributed by atoms with Crippen LogP contribution in [-0.2, 0) is 0 Å². The van der Waals surface area contributed by atoms with Gasteiger partial charge in [-0.2, -0.15) is 0 Å². The van der Waals surface area contributed by atoms with E-state index in [0.29, 0.717) is 39.3 Å². The molecular weight excluding hydrogens is 328 g/mol. The van der Waals surface area contributed by atoms with Crippen LogP contribution < -0.4 is 19.6 Å². The van der Waals surface area contributed by atoms with Gasteiger partial charge in [-0.25, -0.2) is 0 Å². The second-order valence-corrected chi connectivity index (χ2v) is 5.45. The molecule has 2 aromatic carbocycles. The number of fused-ring (bicyclic) bond motifs is 1. The second kappa shape index (κ2) is 6.49. The molecule has 0 saturated heterocycles. The molecule has 1 heterocycles. The van der Waals surface area contributed by atoms with Crippen LogP contribution in [0.2, 0.25) is 0 Å². The van der Waals surface area contributed by atoms with E-state index in [1.165, 1.54) is 14.2 Å². The summed E-state index contributed by atoms with van der Waals surface area (Å²) >= 11 is 4.35. The van der Waals surface area contributed by atoms with Crippen LogP contribution in [0.25, 0.3) is 22.1 Å². The Bertz CT molecular complexity index is 944. The van der Waals surface area contributed by atoms with Crippen molar-refractivity contribution in [1.82, 2.24) is 0 Å². The molecule has 0 bridgehead atoms. The maximum absolute atomic E-state index is 13.0. The first kappa shape index (κ1) is 16.3. The predicted octanol–water partition coefficient (Wildman–Crippen LogP) is 3.77. The Hall–Kier alpha value is -2.60. The molecule has 5 nitrogen and oxygen atoms in total. The van der Waals surface area contributed by atoms with Crippen LogP contribution >= 0.6 is 12.6 Å². The van der Waals surface area contributed by atoms with Crippen LogP contribution in [0.15, 0.2) is 50.7 Å². The molecule has 124 valence electrons. The van der Waals surface area contributed by atoms with Crippen LogP contribution in [0.1, 0.15) is 0 Å². The summed E-state index contributed by atoms with van der Waals surface area (Å²) in [5, 5.41) is 0.593.